The third-order valence-electron chi connectivity index (χ3n) is 4.26. The zero-order chi connectivity index (χ0) is 16.5. The second-order valence-electron chi connectivity index (χ2n) is 6.16. The lowest BCUT2D eigenvalue weighted by molar-refractivity contribution is -0.120. The van der Waals surface area contributed by atoms with Gasteiger partial charge in [-0.05, 0) is 30.5 Å². The van der Waals surface area contributed by atoms with Crippen LogP contribution < -0.4 is 5.32 Å². The Balaban J connectivity index is 1.91. The zero-order valence-electron chi connectivity index (χ0n) is 13.9. The van der Waals surface area contributed by atoms with E-state index in [1.165, 1.54) is 12.8 Å². The average molecular weight is 337 g/mol. The number of hydrogen-bond acceptors (Lipinski definition) is 3. The van der Waals surface area contributed by atoms with Crippen LogP contribution in [-0.4, -0.2) is 29.6 Å². The van der Waals surface area contributed by atoms with Gasteiger partial charge in [0.05, 0.1) is 6.61 Å². The largest absolute Gasteiger partial charge is 0.384 e. The lowest BCUT2D eigenvalue weighted by Gasteiger charge is -2.14. The normalized spacial score (nSPS) is 17.4. The quantitative estimate of drug-likeness (QED) is 0.775. The summed E-state index contributed by atoms with van der Waals surface area (Å²) in [6.07, 6.45) is 6.77. The Morgan fingerprint density at radius 1 is 1.26 bits per heavy atom. The highest BCUT2D eigenvalue weighted by atomic mass is 32.2. The highest BCUT2D eigenvalue weighted by molar-refractivity contribution is 7.84. The molecule has 1 aliphatic carbocycles. The van der Waals surface area contributed by atoms with Crippen molar-refractivity contribution in [1.29, 1.82) is 0 Å². The fourth-order valence-electron chi connectivity index (χ4n) is 2.96. The predicted molar refractivity (Wildman–Crippen MR) is 94.9 cm³/mol. The van der Waals surface area contributed by atoms with Crippen molar-refractivity contribution in [3.63, 3.8) is 0 Å². The van der Waals surface area contributed by atoms with Crippen molar-refractivity contribution in [3.05, 3.63) is 29.8 Å². The molecule has 1 saturated carbocycles. The lowest BCUT2D eigenvalue weighted by Crippen LogP contribution is -2.22. The highest BCUT2D eigenvalue weighted by Gasteiger charge is 2.20. The van der Waals surface area contributed by atoms with Gasteiger partial charge in [-0.15, -0.1) is 0 Å². The molecule has 1 aromatic rings. The van der Waals surface area contributed by atoms with Crippen molar-refractivity contribution in [2.75, 3.05) is 24.8 Å². The molecule has 23 heavy (non-hydrogen) atoms. The third-order valence-corrected chi connectivity index (χ3v) is 5.54. The number of anilines is 1. The Morgan fingerprint density at radius 3 is 2.70 bits per heavy atom. The van der Waals surface area contributed by atoms with Crippen molar-refractivity contribution in [1.82, 2.24) is 0 Å². The summed E-state index contributed by atoms with van der Waals surface area (Å²) in [5.74, 6) is 1.30. The molecule has 0 bridgehead atoms. The standard InChI is InChI=1S/C18H27NO3S/c1-22-11-12-23(21)14-15-7-6-10-17(13-15)19-18(20)16-8-4-2-3-5-9-16/h6-7,10,13,16H,2-5,8-9,11-12,14H2,1H3,(H,19,20). The molecule has 0 radical (unpaired) electrons. The summed E-state index contributed by atoms with van der Waals surface area (Å²) in [7, 11) is 0.676. The van der Waals surface area contributed by atoms with Crippen LogP contribution in [0, 0.1) is 5.92 Å². The van der Waals surface area contributed by atoms with E-state index < -0.39 is 10.8 Å². The number of rotatable bonds is 7. The molecule has 0 aliphatic heterocycles. The van der Waals surface area contributed by atoms with E-state index in [9.17, 15) is 9.00 Å². The summed E-state index contributed by atoms with van der Waals surface area (Å²) >= 11 is 0. The number of nitrogens with one attached hydrogen (secondary N) is 1. The Labute approximate surface area is 141 Å². The summed E-state index contributed by atoms with van der Waals surface area (Å²) in [6, 6.07) is 7.69. The minimum Gasteiger partial charge on any atom is -0.384 e. The van der Waals surface area contributed by atoms with E-state index in [0.717, 1.165) is 36.9 Å². The Kier molecular flexibility index (Phi) is 7.76. The molecule has 4 nitrogen and oxygen atoms in total. The molecule has 1 unspecified atom stereocenters. The molecule has 1 N–H and O–H groups in total. The van der Waals surface area contributed by atoms with Gasteiger partial charge in [-0.25, -0.2) is 0 Å². The van der Waals surface area contributed by atoms with Crippen LogP contribution in [0.3, 0.4) is 0 Å². The average Bonchev–Trinajstić information content (AvgIpc) is 2.82. The van der Waals surface area contributed by atoms with Crippen LogP contribution >= 0.6 is 0 Å². The Bertz CT molecular complexity index is 525. The summed E-state index contributed by atoms with van der Waals surface area (Å²) in [5.41, 5.74) is 1.79. The van der Waals surface area contributed by atoms with Crippen LogP contribution in [0.5, 0.6) is 0 Å². The number of carbonyl (C=O) groups is 1. The first-order valence-corrected chi connectivity index (χ1v) is 9.91. The number of methoxy groups -OCH3 is 1. The number of hydrogen-bond donors (Lipinski definition) is 1. The summed E-state index contributed by atoms with van der Waals surface area (Å²) in [6.45, 7) is 0.505. The number of benzene rings is 1. The maximum atomic E-state index is 12.4. The van der Waals surface area contributed by atoms with Crippen LogP contribution in [0.1, 0.15) is 44.1 Å². The fourth-order valence-corrected chi connectivity index (χ4v) is 4.01. The molecule has 2 rings (SSSR count). The zero-order valence-corrected chi connectivity index (χ0v) is 14.7. The van der Waals surface area contributed by atoms with E-state index in [-0.39, 0.29) is 11.8 Å². The highest BCUT2D eigenvalue weighted by Crippen LogP contribution is 2.24. The molecule has 0 heterocycles. The summed E-state index contributed by atoms with van der Waals surface area (Å²) in [4.78, 5) is 12.4. The SMILES string of the molecule is COCCS(=O)Cc1cccc(NC(=O)C2CCCCCC2)c1. The van der Waals surface area contributed by atoms with E-state index in [1.807, 2.05) is 24.3 Å². The van der Waals surface area contributed by atoms with E-state index in [1.54, 1.807) is 7.11 Å². The first kappa shape index (κ1) is 18.1. The van der Waals surface area contributed by atoms with Gasteiger partial charge in [-0.2, -0.15) is 0 Å². The Hall–Kier alpha value is -1.20. The van der Waals surface area contributed by atoms with Gasteiger partial charge in [-0.1, -0.05) is 37.8 Å². The minimum absolute atomic E-state index is 0.129. The van der Waals surface area contributed by atoms with Crippen LogP contribution in [0.2, 0.25) is 0 Å². The second-order valence-corrected chi connectivity index (χ2v) is 7.74. The van der Waals surface area contributed by atoms with Crippen molar-refractivity contribution >= 4 is 22.4 Å². The molecule has 1 aromatic carbocycles. The number of carbonyl (C=O) groups excluding carboxylic acids is 1. The molecule has 1 amide bonds. The van der Waals surface area contributed by atoms with Gasteiger partial charge in [0.2, 0.25) is 5.91 Å². The molecular formula is C18H27NO3S. The number of amides is 1. The molecule has 1 atom stereocenters. The van der Waals surface area contributed by atoms with Gasteiger partial charge in [0.15, 0.2) is 0 Å². The van der Waals surface area contributed by atoms with Crippen molar-refractivity contribution < 1.29 is 13.7 Å². The summed E-state index contributed by atoms with van der Waals surface area (Å²) < 4.78 is 16.9. The van der Waals surface area contributed by atoms with Gasteiger partial charge >= 0.3 is 0 Å². The van der Waals surface area contributed by atoms with Gasteiger partial charge in [0, 0.05) is 41.0 Å². The molecule has 128 valence electrons. The topological polar surface area (TPSA) is 55.4 Å². The summed E-state index contributed by atoms with van der Waals surface area (Å²) in [5, 5.41) is 3.03. The van der Waals surface area contributed by atoms with Crippen LogP contribution in [0.4, 0.5) is 5.69 Å². The Morgan fingerprint density at radius 2 is 2.00 bits per heavy atom. The van der Waals surface area contributed by atoms with Crippen LogP contribution in [0.15, 0.2) is 24.3 Å². The fraction of sp³-hybridized carbons (Fsp3) is 0.611. The maximum absolute atomic E-state index is 12.4. The smallest absolute Gasteiger partial charge is 0.227 e. The van der Waals surface area contributed by atoms with Gasteiger partial charge in [0.1, 0.15) is 0 Å². The van der Waals surface area contributed by atoms with E-state index >= 15 is 0 Å². The van der Waals surface area contributed by atoms with Gasteiger partial charge < -0.3 is 10.1 Å². The molecule has 1 fully saturated rings. The van der Waals surface area contributed by atoms with Crippen molar-refractivity contribution in [2.24, 2.45) is 5.92 Å². The minimum atomic E-state index is -0.936. The van der Waals surface area contributed by atoms with Crippen LogP contribution in [-0.2, 0) is 26.1 Å². The molecular weight excluding hydrogens is 310 g/mol. The number of ether oxygens (including phenoxy) is 1. The van der Waals surface area contributed by atoms with Crippen molar-refractivity contribution in [3.8, 4) is 0 Å². The molecule has 1 aliphatic rings. The maximum Gasteiger partial charge on any atom is 0.227 e. The van der Waals surface area contributed by atoms with Crippen LogP contribution in [0.25, 0.3) is 0 Å². The predicted octanol–water partition coefficient (Wildman–Crippen LogP) is 3.49. The van der Waals surface area contributed by atoms with Crippen molar-refractivity contribution in [2.45, 2.75) is 44.3 Å². The molecule has 5 heteroatoms. The van der Waals surface area contributed by atoms with E-state index in [4.69, 9.17) is 4.74 Å². The second kappa shape index (κ2) is 9.83. The third kappa shape index (κ3) is 6.43. The van der Waals surface area contributed by atoms with Gasteiger partial charge in [-0.3, -0.25) is 9.00 Å². The molecule has 0 aromatic heterocycles. The first-order chi connectivity index (χ1) is 11.2. The van der Waals surface area contributed by atoms with E-state index in [2.05, 4.69) is 5.32 Å². The molecule has 0 spiro atoms. The first-order valence-electron chi connectivity index (χ1n) is 8.43. The molecule has 0 saturated heterocycles. The van der Waals surface area contributed by atoms with E-state index in [0.29, 0.717) is 18.1 Å². The lowest BCUT2D eigenvalue weighted by atomic mass is 9.99. The van der Waals surface area contributed by atoms with Gasteiger partial charge in [0.25, 0.3) is 0 Å². The monoisotopic (exact) mass is 337 g/mol.